The molecule has 1 aromatic heterocycles. The normalized spacial score (nSPS) is 16.3. The van der Waals surface area contributed by atoms with E-state index in [0.717, 1.165) is 31.0 Å². The van der Waals surface area contributed by atoms with Crippen LogP contribution in [0.25, 0.3) is 0 Å². The van der Waals surface area contributed by atoms with E-state index in [9.17, 15) is 8.42 Å². The van der Waals surface area contributed by atoms with E-state index in [4.69, 9.17) is 0 Å². The van der Waals surface area contributed by atoms with Crippen LogP contribution in [0.5, 0.6) is 0 Å². The molecule has 0 unspecified atom stereocenters. The highest BCUT2D eigenvalue weighted by molar-refractivity contribution is 7.90. The van der Waals surface area contributed by atoms with Crippen LogP contribution in [0.2, 0.25) is 0 Å². The van der Waals surface area contributed by atoms with Gasteiger partial charge < -0.3 is 10.6 Å². The zero-order valence-corrected chi connectivity index (χ0v) is 19.3. The topological polar surface area (TPSA) is 70.6 Å². The maximum Gasteiger partial charge on any atom is 0.191 e. The molecule has 3 rings (SSSR count). The average Bonchev–Trinajstić information content (AvgIpc) is 3.05. The van der Waals surface area contributed by atoms with Gasteiger partial charge in [0.25, 0.3) is 0 Å². The summed E-state index contributed by atoms with van der Waals surface area (Å²) in [6.07, 6.45) is 5.65. The molecular formula is C22H31N3O2S2. The van der Waals surface area contributed by atoms with E-state index >= 15 is 0 Å². The first-order chi connectivity index (χ1) is 13.7. The highest BCUT2D eigenvalue weighted by Gasteiger charge is 2.26. The summed E-state index contributed by atoms with van der Waals surface area (Å²) in [7, 11) is -1.37. The lowest BCUT2D eigenvalue weighted by Gasteiger charge is -2.29. The monoisotopic (exact) mass is 433 g/mol. The van der Waals surface area contributed by atoms with E-state index in [1.165, 1.54) is 36.0 Å². The highest BCUT2D eigenvalue weighted by atomic mass is 32.2. The van der Waals surface area contributed by atoms with Crippen molar-refractivity contribution in [1.29, 1.82) is 0 Å². The van der Waals surface area contributed by atoms with E-state index in [-0.39, 0.29) is 0 Å². The Morgan fingerprint density at radius 3 is 2.59 bits per heavy atom. The number of hydrogen-bond acceptors (Lipinski definition) is 4. The molecule has 1 aliphatic rings. The zero-order valence-electron chi connectivity index (χ0n) is 17.7. The van der Waals surface area contributed by atoms with Gasteiger partial charge in [-0.3, -0.25) is 4.99 Å². The highest BCUT2D eigenvalue weighted by Crippen LogP contribution is 2.38. The molecular weight excluding hydrogens is 402 g/mol. The molecule has 29 heavy (non-hydrogen) atoms. The lowest BCUT2D eigenvalue weighted by Crippen LogP contribution is -2.37. The van der Waals surface area contributed by atoms with Gasteiger partial charge in [0.15, 0.2) is 15.8 Å². The molecule has 0 amide bonds. The number of aryl methyl sites for hydroxylation is 1. The Balaban J connectivity index is 1.47. The standard InChI is InChI=1S/C22H31N3O2S2/c1-22(2)11-9-20-17(14-22)13-18(28-20)15-25-21(23-3)24-12-10-16-5-7-19(8-6-16)29(4,26)27/h5-8,13H,9-12,14-15H2,1-4H3,(H2,23,24,25). The molecule has 0 atom stereocenters. The van der Waals surface area contributed by atoms with Crippen LogP contribution in [-0.2, 0) is 35.6 Å². The molecule has 2 N–H and O–H groups in total. The van der Waals surface area contributed by atoms with E-state index < -0.39 is 9.84 Å². The summed E-state index contributed by atoms with van der Waals surface area (Å²) in [6, 6.07) is 9.41. The number of sulfone groups is 1. The van der Waals surface area contributed by atoms with Crippen molar-refractivity contribution in [2.45, 2.75) is 51.0 Å². The van der Waals surface area contributed by atoms with Crippen LogP contribution in [0.1, 0.15) is 41.1 Å². The van der Waals surface area contributed by atoms with Crippen molar-refractivity contribution in [3.8, 4) is 0 Å². The Labute approximate surface area is 178 Å². The first-order valence-corrected chi connectivity index (χ1v) is 12.7. The molecule has 1 heterocycles. The van der Waals surface area contributed by atoms with Crippen molar-refractivity contribution < 1.29 is 8.42 Å². The Kier molecular flexibility index (Phi) is 6.69. The molecule has 0 fully saturated rings. The second-order valence-electron chi connectivity index (χ2n) is 8.52. The number of benzene rings is 1. The van der Waals surface area contributed by atoms with Crippen molar-refractivity contribution in [2.75, 3.05) is 19.8 Å². The second-order valence-corrected chi connectivity index (χ2v) is 11.8. The summed E-state index contributed by atoms with van der Waals surface area (Å²) in [6.45, 7) is 6.21. The fourth-order valence-electron chi connectivity index (χ4n) is 3.65. The molecule has 1 aliphatic carbocycles. The Hall–Kier alpha value is -1.86. The summed E-state index contributed by atoms with van der Waals surface area (Å²) in [5.41, 5.74) is 3.02. The third kappa shape index (κ3) is 6.06. The van der Waals surface area contributed by atoms with Gasteiger partial charge in [0.1, 0.15) is 0 Å². The molecule has 0 bridgehead atoms. The van der Waals surface area contributed by atoms with Gasteiger partial charge in [-0.2, -0.15) is 0 Å². The van der Waals surface area contributed by atoms with Gasteiger partial charge in [-0.15, -0.1) is 11.3 Å². The van der Waals surface area contributed by atoms with Gasteiger partial charge in [-0.1, -0.05) is 26.0 Å². The first kappa shape index (κ1) is 21.8. The predicted octanol–water partition coefficient (Wildman–Crippen LogP) is 3.57. The summed E-state index contributed by atoms with van der Waals surface area (Å²) in [5, 5.41) is 6.73. The van der Waals surface area contributed by atoms with Gasteiger partial charge in [0, 0.05) is 29.6 Å². The van der Waals surface area contributed by atoms with Crippen molar-refractivity contribution in [3.05, 3.63) is 51.2 Å². The molecule has 0 aliphatic heterocycles. The molecule has 1 aromatic carbocycles. The molecule has 0 saturated carbocycles. The summed E-state index contributed by atoms with van der Waals surface area (Å²) < 4.78 is 23.1. The number of nitrogens with zero attached hydrogens (tertiary/aromatic N) is 1. The molecule has 0 radical (unpaired) electrons. The molecule has 0 spiro atoms. The van der Waals surface area contributed by atoms with Crippen LogP contribution in [0.15, 0.2) is 40.2 Å². The smallest absolute Gasteiger partial charge is 0.191 e. The van der Waals surface area contributed by atoms with E-state index in [2.05, 4.69) is 35.5 Å². The number of rotatable bonds is 6. The van der Waals surface area contributed by atoms with Crippen molar-refractivity contribution >= 4 is 27.1 Å². The number of hydrogen-bond donors (Lipinski definition) is 2. The lowest BCUT2D eigenvalue weighted by molar-refractivity contribution is 0.318. The summed E-state index contributed by atoms with van der Waals surface area (Å²) in [5.74, 6) is 0.782. The van der Waals surface area contributed by atoms with Crippen LogP contribution in [0.3, 0.4) is 0 Å². The predicted molar refractivity (Wildman–Crippen MR) is 122 cm³/mol. The third-order valence-corrected chi connectivity index (χ3v) is 7.72. The number of thiophene rings is 1. The van der Waals surface area contributed by atoms with Gasteiger partial charge in [0.05, 0.1) is 11.4 Å². The number of fused-ring (bicyclic) bond motifs is 1. The average molecular weight is 434 g/mol. The molecule has 0 saturated heterocycles. The number of nitrogens with one attached hydrogen (secondary N) is 2. The molecule has 7 heteroatoms. The van der Waals surface area contributed by atoms with Crippen molar-refractivity contribution in [1.82, 2.24) is 10.6 Å². The molecule has 5 nitrogen and oxygen atoms in total. The number of guanidine groups is 1. The largest absolute Gasteiger partial charge is 0.356 e. The van der Waals surface area contributed by atoms with Crippen LogP contribution in [-0.4, -0.2) is 34.2 Å². The van der Waals surface area contributed by atoms with E-state index in [1.807, 2.05) is 23.5 Å². The Morgan fingerprint density at radius 2 is 1.93 bits per heavy atom. The molecule has 158 valence electrons. The van der Waals surface area contributed by atoms with Crippen LogP contribution in [0, 0.1) is 5.41 Å². The first-order valence-electron chi connectivity index (χ1n) is 10.0. The summed E-state index contributed by atoms with van der Waals surface area (Å²) in [4.78, 5) is 7.56. The van der Waals surface area contributed by atoms with Gasteiger partial charge in [0.2, 0.25) is 0 Å². The maximum atomic E-state index is 11.5. The Morgan fingerprint density at radius 1 is 1.21 bits per heavy atom. The van der Waals surface area contributed by atoms with Gasteiger partial charge in [-0.25, -0.2) is 8.42 Å². The van der Waals surface area contributed by atoms with E-state index in [1.54, 1.807) is 24.1 Å². The quantitative estimate of drug-likeness (QED) is 0.540. The van der Waals surface area contributed by atoms with Crippen molar-refractivity contribution in [2.24, 2.45) is 10.4 Å². The van der Waals surface area contributed by atoms with Crippen LogP contribution >= 0.6 is 11.3 Å². The maximum absolute atomic E-state index is 11.5. The van der Waals surface area contributed by atoms with Crippen LogP contribution < -0.4 is 10.6 Å². The summed E-state index contributed by atoms with van der Waals surface area (Å²) >= 11 is 1.92. The minimum atomic E-state index is -3.14. The fraction of sp³-hybridized carbons (Fsp3) is 0.500. The third-order valence-electron chi connectivity index (χ3n) is 5.36. The molecule has 2 aromatic rings. The Bertz CT molecular complexity index is 974. The van der Waals surface area contributed by atoms with Crippen LogP contribution in [0.4, 0.5) is 0 Å². The van der Waals surface area contributed by atoms with Crippen molar-refractivity contribution in [3.63, 3.8) is 0 Å². The number of aliphatic imine (C=N–C) groups is 1. The van der Waals surface area contributed by atoms with E-state index in [0.29, 0.717) is 10.3 Å². The van der Waals surface area contributed by atoms with Gasteiger partial charge >= 0.3 is 0 Å². The second kappa shape index (κ2) is 8.88. The van der Waals surface area contributed by atoms with Gasteiger partial charge in [-0.05, 0) is 60.4 Å². The fourth-order valence-corrected chi connectivity index (χ4v) is 5.41. The SMILES string of the molecule is CN=C(NCCc1ccc(S(C)(=O)=O)cc1)NCc1cc2c(s1)CCC(C)(C)C2. The lowest BCUT2D eigenvalue weighted by atomic mass is 9.77. The minimum Gasteiger partial charge on any atom is -0.356 e. The zero-order chi connectivity index (χ0) is 21.1. The minimum absolute atomic E-state index is 0.355.